The lowest BCUT2D eigenvalue weighted by Crippen LogP contribution is -2.77. The molecule has 6 heteroatoms. The Balaban J connectivity index is 2.54. The fourth-order valence-electron chi connectivity index (χ4n) is 3.29. The third kappa shape index (κ3) is 1.86. The first-order valence-corrected chi connectivity index (χ1v) is 6.52. The smallest absolute Gasteiger partial charge is 0.241 e. The zero-order valence-corrected chi connectivity index (χ0v) is 12.6. The van der Waals surface area contributed by atoms with Crippen LogP contribution in [0.2, 0.25) is 0 Å². The standard InChI is InChI=1S/C15H20N2O4/c1-18-14(19-2)12(9-16)13(15(14,20-3)21-4)10-5-7-11(17)8-6-10/h5-8,12-13H,17H2,1-4H3/t12-,13-/m1/s1. The van der Waals surface area contributed by atoms with Crippen molar-refractivity contribution in [3.63, 3.8) is 0 Å². The van der Waals surface area contributed by atoms with Crippen molar-refractivity contribution in [2.24, 2.45) is 5.92 Å². The maximum atomic E-state index is 9.55. The molecule has 0 heterocycles. The fraction of sp³-hybridized carbons (Fsp3) is 0.533. The lowest BCUT2D eigenvalue weighted by atomic mass is 9.59. The average Bonchev–Trinajstić information content (AvgIpc) is 2.51. The summed E-state index contributed by atoms with van der Waals surface area (Å²) in [6.07, 6.45) is 0. The summed E-state index contributed by atoms with van der Waals surface area (Å²) < 4.78 is 22.2. The van der Waals surface area contributed by atoms with E-state index in [4.69, 9.17) is 24.7 Å². The minimum atomic E-state index is -1.28. The molecule has 6 nitrogen and oxygen atoms in total. The summed E-state index contributed by atoms with van der Waals surface area (Å²) in [5.74, 6) is -3.40. The lowest BCUT2D eigenvalue weighted by molar-refractivity contribution is -0.464. The molecule has 21 heavy (non-hydrogen) atoms. The van der Waals surface area contributed by atoms with Gasteiger partial charge in [-0.05, 0) is 17.7 Å². The van der Waals surface area contributed by atoms with Crippen LogP contribution in [0.15, 0.2) is 24.3 Å². The number of hydrogen-bond donors (Lipinski definition) is 1. The summed E-state index contributed by atoms with van der Waals surface area (Å²) in [5.41, 5.74) is 7.24. The summed E-state index contributed by atoms with van der Waals surface area (Å²) in [4.78, 5) is 0. The van der Waals surface area contributed by atoms with Crippen LogP contribution in [0.3, 0.4) is 0 Å². The van der Waals surface area contributed by atoms with Crippen LogP contribution in [0.4, 0.5) is 5.69 Å². The molecule has 0 aromatic heterocycles. The van der Waals surface area contributed by atoms with Crippen LogP contribution in [0.25, 0.3) is 0 Å². The van der Waals surface area contributed by atoms with Crippen molar-refractivity contribution in [1.29, 1.82) is 5.26 Å². The van der Waals surface area contributed by atoms with Gasteiger partial charge >= 0.3 is 0 Å². The number of nitrogen functional groups attached to an aromatic ring is 1. The highest BCUT2D eigenvalue weighted by Gasteiger charge is 2.77. The van der Waals surface area contributed by atoms with Crippen LogP contribution in [0, 0.1) is 17.2 Å². The summed E-state index contributed by atoms with van der Waals surface area (Å²) in [6.45, 7) is 0. The molecule has 1 aromatic rings. The zero-order valence-electron chi connectivity index (χ0n) is 12.6. The highest BCUT2D eigenvalue weighted by atomic mass is 16.8. The number of benzene rings is 1. The van der Waals surface area contributed by atoms with Crippen molar-refractivity contribution in [1.82, 2.24) is 0 Å². The first-order chi connectivity index (χ1) is 10.1. The summed E-state index contributed by atoms with van der Waals surface area (Å²) in [7, 11) is 5.96. The van der Waals surface area contributed by atoms with Crippen LogP contribution < -0.4 is 5.73 Å². The molecule has 0 aliphatic heterocycles. The molecule has 114 valence electrons. The van der Waals surface area contributed by atoms with Gasteiger partial charge in [0.2, 0.25) is 11.6 Å². The largest absolute Gasteiger partial charge is 0.399 e. The topological polar surface area (TPSA) is 86.7 Å². The quantitative estimate of drug-likeness (QED) is 0.653. The highest BCUT2D eigenvalue weighted by molar-refractivity contribution is 5.44. The third-order valence-electron chi connectivity index (χ3n) is 4.29. The van der Waals surface area contributed by atoms with Gasteiger partial charge < -0.3 is 24.7 Å². The van der Waals surface area contributed by atoms with Crippen molar-refractivity contribution >= 4 is 5.69 Å². The Bertz CT molecular complexity index is 530. The first kappa shape index (κ1) is 15.7. The predicted molar refractivity (Wildman–Crippen MR) is 76.2 cm³/mol. The second-order valence-corrected chi connectivity index (χ2v) is 4.90. The van der Waals surface area contributed by atoms with Crippen LogP contribution in [-0.4, -0.2) is 40.0 Å². The number of hydrogen-bond acceptors (Lipinski definition) is 6. The second kappa shape index (κ2) is 5.62. The van der Waals surface area contributed by atoms with Gasteiger partial charge in [0, 0.05) is 34.1 Å². The minimum absolute atomic E-state index is 0.349. The minimum Gasteiger partial charge on any atom is -0.399 e. The van der Waals surface area contributed by atoms with E-state index in [-0.39, 0.29) is 5.92 Å². The van der Waals surface area contributed by atoms with Gasteiger partial charge in [-0.1, -0.05) is 12.1 Å². The number of nitrogens with zero attached hydrogens (tertiary/aromatic N) is 1. The number of nitriles is 1. The van der Waals surface area contributed by atoms with E-state index in [1.54, 1.807) is 12.1 Å². The number of rotatable bonds is 5. The lowest BCUT2D eigenvalue weighted by Gasteiger charge is -2.61. The molecule has 0 saturated heterocycles. The van der Waals surface area contributed by atoms with E-state index in [0.29, 0.717) is 5.69 Å². The monoisotopic (exact) mass is 292 g/mol. The van der Waals surface area contributed by atoms with Gasteiger partial charge in [-0.3, -0.25) is 0 Å². The molecule has 2 N–H and O–H groups in total. The van der Waals surface area contributed by atoms with E-state index >= 15 is 0 Å². The number of ether oxygens (including phenoxy) is 4. The van der Waals surface area contributed by atoms with Crippen LogP contribution in [-0.2, 0) is 18.9 Å². The Kier molecular flexibility index (Phi) is 4.21. The van der Waals surface area contributed by atoms with Gasteiger partial charge in [0.15, 0.2) is 0 Å². The van der Waals surface area contributed by atoms with Crippen molar-refractivity contribution in [3.8, 4) is 6.07 Å². The molecule has 1 aliphatic carbocycles. The molecule has 0 bridgehead atoms. The van der Waals surface area contributed by atoms with Crippen molar-refractivity contribution in [2.45, 2.75) is 17.5 Å². The number of methoxy groups -OCH3 is 4. The van der Waals surface area contributed by atoms with E-state index < -0.39 is 17.5 Å². The normalized spacial score (nSPS) is 25.9. The van der Waals surface area contributed by atoms with Crippen molar-refractivity contribution < 1.29 is 18.9 Å². The van der Waals surface area contributed by atoms with Gasteiger partial charge in [0.25, 0.3) is 0 Å². The Hall–Kier alpha value is -1.65. The molecule has 2 atom stereocenters. The molecule has 0 spiro atoms. The first-order valence-electron chi connectivity index (χ1n) is 6.52. The van der Waals surface area contributed by atoms with Gasteiger partial charge in [-0.25, -0.2) is 0 Å². The maximum absolute atomic E-state index is 9.55. The summed E-state index contributed by atoms with van der Waals surface area (Å²) in [6, 6.07) is 9.50. The maximum Gasteiger partial charge on any atom is 0.241 e. The highest BCUT2D eigenvalue weighted by Crippen LogP contribution is 2.61. The average molecular weight is 292 g/mol. The van der Waals surface area contributed by atoms with Crippen LogP contribution in [0.5, 0.6) is 0 Å². The molecule has 0 radical (unpaired) electrons. The molecule has 1 aliphatic rings. The Morgan fingerprint density at radius 3 is 1.81 bits per heavy atom. The number of anilines is 1. The zero-order chi connectivity index (χ0) is 15.7. The molecule has 1 saturated carbocycles. The molecule has 0 unspecified atom stereocenters. The second-order valence-electron chi connectivity index (χ2n) is 4.90. The SMILES string of the molecule is COC1(OC)[C@H](C#N)[C@@H](c2ccc(N)cc2)C1(OC)OC. The Morgan fingerprint density at radius 2 is 1.43 bits per heavy atom. The summed E-state index contributed by atoms with van der Waals surface area (Å²) in [5, 5.41) is 9.55. The Labute approximate surface area is 124 Å². The van der Waals surface area contributed by atoms with E-state index in [9.17, 15) is 5.26 Å². The molecule has 1 fully saturated rings. The molecule has 0 amide bonds. The van der Waals surface area contributed by atoms with Gasteiger partial charge in [0.1, 0.15) is 5.92 Å². The molecule has 2 rings (SSSR count). The van der Waals surface area contributed by atoms with E-state index in [1.807, 2.05) is 12.1 Å². The summed E-state index contributed by atoms with van der Waals surface area (Å²) >= 11 is 0. The van der Waals surface area contributed by atoms with Gasteiger partial charge in [0.05, 0.1) is 12.0 Å². The third-order valence-corrected chi connectivity index (χ3v) is 4.29. The van der Waals surface area contributed by atoms with E-state index in [1.165, 1.54) is 28.4 Å². The van der Waals surface area contributed by atoms with E-state index in [2.05, 4.69) is 6.07 Å². The van der Waals surface area contributed by atoms with Crippen molar-refractivity contribution in [2.75, 3.05) is 34.2 Å². The van der Waals surface area contributed by atoms with Gasteiger partial charge in [-0.15, -0.1) is 0 Å². The predicted octanol–water partition coefficient (Wildman–Crippen LogP) is 1.48. The van der Waals surface area contributed by atoms with E-state index in [0.717, 1.165) is 5.56 Å². The molecular formula is C15H20N2O4. The van der Waals surface area contributed by atoms with Gasteiger partial charge in [-0.2, -0.15) is 5.26 Å². The number of nitrogens with two attached hydrogens (primary N) is 1. The molecule has 1 aromatic carbocycles. The Morgan fingerprint density at radius 1 is 0.952 bits per heavy atom. The van der Waals surface area contributed by atoms with Crippen LogP contribution >= 0.6 is 0 Å². The fourth-order valence-corrected chi connectivity index (χ4v) is 3.29. The molecular weight excluding hydrogens is 272 g/mol. The van der Waals surface area contributed by atoms with Crippen LogP contribution in [0.1, 0.15) is 11.5 Å². The van der Waals surface area contributed by atoms with Crippen molar-refractivity contribution in [3.05, 3.63) is 29.8 Å².